The van der Waals surface area contributed by atoms with E-state index in [1.165, 1.54) is 0 Å². The van der Waals surface area contributed by atoms with Gasteiger partial charge in [0.05, 0.1) is 16.7 Å². The van der Waals surface area contributed by atoms with Crippen molar-refractivity contribution in [3.05, 3.63) is 54.2 Å². The number of carbonyl (C=O) groups is 1. The molecular formula is C20H20N2O3. The molecule has 0 atom stereocenters. The fraction of sp³-hybridized carbons (Fsp3) is 0.300. The number of hydrogen-bond donors (Lipinski definition) is 2. The second-order valence-corrected chi connectivity index (χ2v) is 6.56. The summed E-state index contributed by atoms with van der Waals surface area (Å²) < 4.78 is 5.28. The molecule has 0 spiro atoms. The summed E-state index contributed by atoms with van der Waals surface area (Å²) in [7, 11) is 0. The first kappa shape index (κ1) is 16.0. The number of pyridine rings is 1. The van der Waals surface area contributed by atoms with Crippen molar-refractivity contribution in [3.63, 3.8) is 0 Å². The fourth-order valence-electron chi connectivity index (χ4n) is 3.37. The summed E-state index contributed by atoms with van der Waals surface area (Å²) in [5.74, 6) is -0.214. The Kier molecular flexibility index (Phi) is 4.11. The third kappa shape index (κ3) is 3.08. The van der Waals surface area contributed by atoms with Crippen molar-refractivity contribution in [3.8, 4) is 0 Å². The molecule has 0 unspecified atom stereocenters. The predicted molar refractivity (Wildman–Crippen MR) is 96.6 cm³/mol. The van der Waals surface area contributed by atoms with Gasteiger partial charge in [-0.25, -0.2) is 0 Å². The van der Waals surface area contributed by atoms with E-state index in [0.717, 1.165) is 16.2 Å². The summed E-state index contributed by atoms with van der Waals surface area (Å²) in [6.07, 6.45) is 2.76. The number of benzene rings is 2. The van der Waals surface area contributed by atoms with E-state index in [1.807, 2.05) is 42.5 Å². The SMILES string of the molecule is O=C(NCC1(O)CCOCC1)c1cc2ccccc2c2cccnc12. The number of aromatic nitrogens is 1. The van der Waals surface area contributed by atoms with Crippen LogP contribution in [-0.4, -0.2) is 41.4 Å². The number of nitrogens with one attached hydrogen (secondary N) is 1. The Hall–Kier alpha value is -2.50. The van der Waals surface area contributed by atoms with E-state index in [0.29, 0.717) is 37.1 Å². The molecule has 25 heavy (non-hydrogen) atoms. The number of hydrogen-bond acceptors (Lipinski definition) is 4. The molecule has 1 saturated heterocycles. The number of rotatable bonds is 3. The van der Waals surface area contributed by atoms with Crippen molar-refractivity contribution < 1.29 is 14.6 Å². The minimum absolute atomic E-state index is 0.214. The molecule has 1 aliphatic heterocycles. The summed E-state index contributed by atoms with van der Waals surface area (Å²) >= 11 is 0. The quantitative estimate of drug-likeness (QED) is 0.721. The van der Waals surface area contributed by atoms with Crippen LogP contribution in [0.5, 0.6) is 0 Å². The lowest BCUT2D eigenvalue weighted by Crippen LogP contribution is -2.46. The molecule has 2 aromatic carbocycles. The lowest BCUT2D eigenvalue weighted by atomic mass is 9.94. The van der Waals surface area contributed by atoms with Gasteiger partial charge in [-0.05, 0) is 22.9 Å². The molecule has 5 heteroatoms. The van der Waals surface area contributed by atoms with Crippen molar-refractivity contribution in [2.24, 2.45) is 0 Å². The van der Waals surface area contributed by atoms with Gasteiger partial charge in [0.1, 0.15) is 0 Å². The third-order valence-corrected chi connectivity index (χ3v) is 4.86. The summed E-state index contributed by atoms with van der Waals surface area (Å²) in [5.41, 5.74) is 0.316. The first-order valence-electron chi connectivity index (χ1n) is 8.51. The van der Waals surface area contributed by atoms with Gasteiger partial charge in [0, 0.05) is 44.2 Å². The summed E-state index contributed by atoms with van der Waals surface area (Å²) in [6, 6.07) is 13.7. The van der Waals surface area contributed by atoms with Crippen LogP contribution in [0.3, 0.4) is 0 Å². The molecule has 128 valence electrons. The molecule has 3 aromatic rings. The van der Waals surface area contributed by atoms with Crippen molar-refractivity contribution in [2.75, 3.05) is 19.8 Å². The van der Waals surface area contributed by atoms with Crippen LogP contribution in [0, 0.1) is 0 Å². The topological polar surface area (TPSA) is 71.5 Å². The van der Waals surface area contributed by atoms with Crippen LogP contribution in [0.1, 0.15) is 23.2 Å². The van der Waals surface area contributed by atoms with Gasteiger partial charge < -0.3 is 15.2 Å². The maximum atomic E-state index is 12.8. The van der Waals surface area contributed by atoms with Gasteiger partial charge >= 0.3 is 0 Å². The minimum Gasteiger partial charge on any atom is -0.388 e. The second-order valence-electron chi connectivity index (χ2n) is 6.56. The molecule has 0 aliphatic carbocycles. The highest BCUT2D eigenvalue weighted by molar-refractivity contribution is 6.15. The minimum atomic E-state index is -0.895. The standard InChI is InChI=1S/C20H20N2O3/c23-19(22-13-20(24)7-10-25-11-8-20)17-12-14-4-1-2-5-15(14)16-6-3-9-21-18(16)17/h1-6,9,12,24H,7-8,10-11,13H2,(H,22,23). The van der Waals surface area contributed by atoms with Crippen LogP contribution < -0.4 is 5.32 Å². The molecule has 5 nitrogen and oxygen atoms in total. The number of nitrogens with zero attached hydrogens (tertiary/aromatic N) is 1. The largest absolute Gasteiger partial charge is 0.388 e. The van der Waals surface area contributed by atoms with E-state index in [-0.39, 0.29) is 12.5 Å². The van der Waals surface area contributed by atoms with Crippen molar-refractivity contribution >= 4 is 27.6 Å². The average Bonchev–Trinajstić information content (AvgIpc) is 2.66. The molecule has 0 bridgehead atoms. The van der Waals surface area contributed by atoms with Crippen LogP contribution in [0.25, 0.3) is 21.7 Å². The number of aliphatic hydroxyl groups is 1. The third-order valence-electron chi connectivity index (χ3n) is 4.86. The average molecular weight is 336 g/mol. The molecule has 1 fully saturated rings. The number of ether oxygens (including phenoxy) is 1. The number of carbonyl (C=O) groups excluding carboxylic acids is 1. The van der Waals surface area contributed by atoms with Crippen molar-refractivity contribution in [1.82, 2.24) is 10.3 Å². The fourth-order valence-corrected chi connectivity index (χ4v) is 3.37. The van der Waals surface area contributed by atoms with Gasteiger partial charge in [-0.15, -0.1) is 0 Å². The smallest absolute Gasteiger partial charge is 0.253 e. The van der Waals surface area contributed by atoms with Crippen LogP contribution in [-0.2, 0) is 4.74 Å². The van der Waals surface area contributed by atoms with Gasteiger partial charge in [-0.3, -0.25) is 9.78 Å². The summed E-state index contributed by atoms with van der Waals surface area (Å²) in [5, 5.41) is 16.4. The van der Waals surface area contributed by atoms with Gasteiger partial charge in [0.25, 0.3) is 5.91 Å². The maximum absolute atomic E-state index is 12.8. The highest BCUT2D eigenvalue weighted by Crippen LogP contribution is 2.27. The molecule has 1 aliphatic rings. The zero-order valence-corrected chi connectivity index (χ0v) is 13.9. The van der Waals surface area contributed by atoms with E-state index in [1.54, 1.807) is 6.20 Å². The zero-order valence-electron chi connectivity index (χ0n) is 13.9. The molecule has 1 amide bonds. The Morgan fingerprint density at radius 1 is 1.16 bits per heavy atom. The van der Waals surface area contributed by atoms with E-state index >= 15 is 0 Å². The Labute approximate surface area is 145 Å². The molecule has 0 radical (unpaired) electrons. The number of amides is 1. The van der Waals surface area contributed by atoms with Gasteiger partial charge in [0.15, 0.2) is 0 Å². The Balaban J connectivity index is 1.68. The highest BCUT2D eigenvalue weighted by atomic mass is 16.5. The van der Waals surface area contributed by atoms with Crippen LogP contribution in [0.2, 0.25) is 0 Å². The molecule has 2 heterocycles. The van der Waals surface area contributed by atoms with Crippen LogP contribution >= 0.6 is 0 Å². The van der Waals surface area contributed by atoms with Gasteiger partial charge in [-0.2, -0.15) is 0 Å². The lowest BCUT2D eigenvalue weighted by molar-refractivity contribution is -0.0605. The first-order chi connectivity index (χ1) is 12.2. The van der Waals surface area contributed by atoms with Crippen molar-refractivity contribution in [2.45, 2.75) is 18.4 Å². The molecule has 1 aromatic heterocycles. The van der Waals surface area contributed by atoms with Crippen molar-refractivity contribution in [1.29, 1.82) is 0 Å². The van der Waals surface area contributed by atoms with E-state index in [2.05, 4.69) is 10.3 Å². The normalized spacial score (nSPS) is 16.8. The first-order valence-corrected chi connectivity index (χ1v) is 8.51. The molecule has 4 rings (SSSR count). The molecule has 0 saturated carbocycles. The van der Waals surface area contributed by atoms with E-state index in [9.17, 15) is 9.90 Å². The maximum Gasteiger partial charge on any atom is 0.253 e. The van der Waals surface area contributed by atoms with E-state index < -0.39 is 5.60 Å². The van der Waals surface area contributed by atoms with Crippen LogP contribution in [0.4, 0.5) is 0 Å². The Morgan fingerprint density at radius 3 is 2.76 bits per heavy atom. The lowest BCUT2D eigenvalue weighted by Gasteiger charge is -2.32. The highest BCUT2D eigenvalue weighted by Gasteiger charge is 2.30. The summed E-state index contributed by atoms with van der Waals surface area (Å²) in [4.78, 5) is 17.2. The van der Waals surface area contributed by atoms with Gasteiger partial charge in [0.2, 0.25) is 0 Å². The predicted octanol–water partition coefficient (Wildman–Crippen LogP) is 2.66. The van der Waals surface area contributed by atoms with Crippen LogP contribution in [0.15, 0.2) is 48.7 Å². The Morgan fingerprint density at radius 2 is 1.92 bits per heavy atom. The van der Waals surface area contributed by atoms with E-state index in [4.69, 9.17) is 4.74 Å². The van der Waals surface area contributed by atoms with Gasteiger partial charge in [-0.1, -0.05) is 30.3 Å². The molecular weight excluding hydrogens is 316 g/mol. The summed E-state index contributed by atoms with van der Waals surface area (Å²) in [6.45, 7) is 1.26. The zero-order chi connectivity index (χ0) is 17.3. The second kappa shape index (κ2) is 6.43. The molecule has 2 N–H and O–H groups in total. The Bertz CT molecular complexity index is 933. The number of fused-ring (bicyclic) bond motifs is 3. The monoisotopic (exact) mass is 336 g/mol.